The first-order valence-electron chi connectivity index (χ1n) is 9.67. The molecule has 0 aliphatic heterocycles. The summed E-state index contributed by atoms with van der Waals surface area (Å²) in [5.74, 6) is 1.94. The standard InChI is InChI=1S/C24H25NO6/c1-27-19-8-7-16(13-20(19)28-2)5-6-17-14-21(29-3)23(22(15-17)30-4)31-24(26)18-9-11-25-12-10-18/h7-15H,5-6H2,1-4H3. The van der Waals surface area contributed by atoms with Gasteiger partial charge in [-0.05, 0) is 60.4 Å². The number of carbonyl (C=O) groups excluding carboxylic acids is 1. The summed E-state index contributed by atoms with van der Waals surface area (Å²) in [6.45, 7) is 0. The van der Waals surface area contributed by atoms with Crippen LogP contribution in [0.2, 0.25) is 0 Å². The van der Waals surface area contributed by atoms with E-state index >= 15 is 0 Å². The smallest absolute Gasteiger partial charge is 0.343 e. The normalized spacial score (nSPS) is 10.3. The van der Waals surface area contributed by atoms with E-state index < -0.39 is 5.97 Å². The van der Waals surface area contributed by atoms with Crippen molar-refractivity contribution < 1.29 is 28.5 Å². The van der Waals surface area contributed by atoms with E-state index in [1.54, 1.807) is 26.4 Å². The topological polar surface area (TPSA) is 76.1 Å². The van der Waals surface area contributed by atoms with Gasteiger partial charge < -0.3 is 23.7 Å². The van der Waals surface area contributed by atoms with Crippen molar-refractivity contribution >= 4 is 5.97 Å². The highest BCUT2D eigenvalue weighted by Crippen LogP contribution is 2.39. The van der Waals surface area contributed by atoms with Crippen molar-refractivity contribution in [3.8, 4) is 28.7 Å². The van der Waals surface area contributed by atoms with Crippen LogP contribution in [0.3, 0.4) is 0 Å². The predicted octanol–water partition coefficient (Wildman–Crippen LogP) is 4.12. The minimum absolute atomic E-state index is 0.238. The summed E-state index contributed by atoms with van der Waals surface area (Å²) in [4.78, 5) is 16.4. The van der Waals surface area contributed by atoms with Gasteiger partial charge in [0.2, 0.25) is 5.75 Å². The highest BCUT2D eigenvalue weighted by Gasteiger charge is 2.19. The Bertz CT molecular complexity index is 1010. The number of carbonyl (C=O) groups is 1. The molecule has 3 aromatic rings. The molecule has 0 radical (unpaired) electrons. The zero-order valence-electron chi connectivity index (χ0n) is 18.0. The molecule has 1 aromatic heterocycles. The lowest BCUT2D eigenvalue weighted by molar-refractivity contribution is 0.0724. The quantitative estimate of drug-likeness (QED) is 0.378. The first-order chi connectivity index (χ1) is 15.1. The van der Waals surface area contributed by atoms with Crippen molar-refractivity contribution in [3.63, 3.8) is 0 Å². The van der Waals surface area contributed by atoms with E-state index in [9.17, 15) is 4.79 Å². The second kappa shape index (κ2) is 10.3. The van der Waals surface area contributed by atoms with Gasteiger partial charge >= 0.3 is 5.97 Å². The fourth-order valence-corrected chi connectivity index (χ4v) is 3.14. The molecule has 7 nitrogen and oxygen atoms in total. The lowest BCUT2D eigenvalue weighted by Crippen LogP contribution is -2.10. The number of benzene rings is 2. The highest BCUT2D eigenvalue weighted by atomic mass is 16.6. The molecular weight excluding hydrogens is 398 g/mol. The maximum atomic E-state index is 12.5. The van der Waals surface area contributed by atoms with Crippen molar-refractivity contribution in [2.45, 2.75) is 12.8 Å². The number of nitrogens with zero attached hydrogens (tertiary/aromatic N) is 1. The Kier molecular flexibility index (Phi) is 7.32. The summed E-state index contributed by atoms with van der Waals surface area (Å²) in [5.41, 5.74) is 2.47. The van der Waals surface area contributed by atoms with E-state index in [1.165, 1.54) is 26.6 Å². The van der Waals surface area contributed by atoms with Gasteiger partial charge in [-0.25, -0.2) is 4.79 Å². The van der Waals surface area contributed by atoms with E-state index in [2.05, 4.69) is 4.98 Å². The molecule has 7 heteroatoms. The Morgan fingerprint density at radius 3 is 1.84 bits per heavy atom. The van der Waals surface area contributed by atoms with Crippen LogP contribution < -0.4 is 23.7 Å². The number of pyridine rings is 1. The summed E-state index contributed by atoms with van der Waals surface area (Å²) in [6.07, 6.45) is 4.55. The number of aromatic nitrogens is 1. The molecule has 0 bridgehead atoms. The van der Waals surface area contributed by atoms with Crippen LogP contribution in [0, 0.1) is 0 Å². The van der Waals surface area contributed by atoms with Crippen LogP contribution in [0.5, 0.6) is 28.7 Å². The Balaban J connectivity index is 1.81. The fraction of sp³-hybridized carbons (Fsp3) is 0.250. The van der Waals surface area contributed by atoms with Crippen LogP contribution in [0.25, 0.3) is 0 Å². The number of ether oxygens (including phenoxy) is 5. The van der Waals surface area contributed by atoms with Gasteiger partial charge in [-0.3, -0.25) is 4.98 Å². The van der Waals surface area contributed by atoms with Gasteiger partial charge in [-0.1, -0.05) is 6.07 Å². The molecule has 0 aliphatic rings. The van der Waals surface area contributed by atoms with Crippen LogP contribution in [-0.4, -0.2) is 39.4 Å². The van der Waals surface area contributed by atoms with Crippen molar-refractivity contribution in [1.82, 2.24) is 4.98 Å². The summed E-state index contributed by atoms with van der Waals surface area (Å²) in [6, 6.07) is 12.7. The van der Waals surface area contributed by atoms with Crippen molar-refractivity contribution in [1.29, 1.82) is 0 Å². The minimum Gasteiger partial charge on any atom is -0.493 e. The SMILES string of the molecule is COc1ccc(CCc2cc(OC)c(OC(=O)c3ccncc3)c(OC)c2)cc1OC. The molecule has 31 heavy (non-hydrogen) atoms. The van der Waals surface area contributed by atoms with Crippen LogP contribution in [0.15, 0.2) is 54.9 Å². The highest BCUT2D eigenvalue weighted by molar-refractivity contribution is 5.91. The summed E-state index contributed by atoms with van der Waals surface area (Å²) in [7, 11) is 6.27. The first-order valence-corrected chi connectivity index (χ1v) is 9.67. The van der Waals surface area contributed by atoms with Gasteiger partial charge in [-0.15, -0.1) is 0 Å². The van der Waals surface area contributed by atoms with Crippen molar-refractivity contribution in [2.75, 3.05) is 28.4 Å². The van der Waals surface area contributed by atoms with Crippen LogP contribution in [-0.2, 0) is 12.8 Å². The van der Waals surface area contributed by atoms with E-state index in [1.807, 2.05) is 30.3 Å². The Morgan fingerprint density at radius 2 is 1.26 bits per heavy atom. The first kappa shape index (κ1) is 22.0. The third-order valence-electron chi connectivity index (χ3n) is 4.78. The second-order valence-corrected chi connectivity index (χ2v) is 6.64. The maximum absolute atomic E-state index is 12.5. The van der Waals surface area contributed by atoms with Gasteiger partial charge in [0.25, 0.3) is 0 Å². The number of rotatable bonds is 9. The van der Waals surface area contributed by atoms with Crippen LogP contribution in [0.1, 0.15) is 21.5 Å². The van der Waals surface area contributed by atoms with Gasteiger partial charge in [0.05, 0.1) is 34.0 Å². The van der Waals surface area contributed by atoms with Gasteiger partial charge in [0.1, 0.15) is 0 Å². The molecule has 0 fully saturated rings. The Labute approximate surface area is 181 Å². The summed E-state index contributed by atoms with van der Waals surface area (Å²) in [5, 5.41) is 0. The predicted molar refractivity (Wildman–Crippen MR) is 116 cm³/mol. The van der Waals surface area contributed by atoms with Crippen LogP contribution >= 0.6 is 0 Å². The number of hydrogen-bond acceptors (Lipinski definition) is 7. The summed E-state index contributed by atoms with van der Waals surface area (Å²) >= 11 is 0. The Hall–Kier alpha value is -3.74. The zero-order valence-corrected chi connectivity index (χ0v) is 18.0. The third kappa shape index (κ3) is 5.25. The molecule has 0 aliphatic carbocycles. The van der Waals surface area contributed by atoms with E-state index in [4.69, 9.17) is 23.7 Å². The molecule has 0 N–H and O–H groups in total. The lowest BCUT2D eigenvalue weighted by atomic mass is 10.0. The molecule has 162 valence electrons. The monoisotopic (exact) mass is 423 g/mol. The average molecular weight is 423 g/mol. The molecule has 0 saturated heterocycles. The van der Waals surface area contributed by atoms with E-state index in [0.29, 0.717) is 28.6 Å². The lowest BCUT2D eigenvalue weighted by Gasteiger charge is -2.15. The van der Waals surface area contributed by atoms with Crippen molar-refractivity contribution in [3.05, 3.63) is 71.5 Å². The van der Waals surface area contributed by atoms with Gasteiger partial charge in [0.15, 0.2) is 23.0 Å². The van der Waals surface area contributed by atoms with Gasteiger partial charge in [-0.2, -0.15) is 0 Å². The molecular formula is C24H25NO6. The number of hydrogen-bond donors (Lipinski definition) is 0. The second-order valence-electron chi connectivity index (χ2n) is 6.64. The number of methoxy groups -OCH3 is 4. The largest absolute Gasteiger partial charge is 0.493 e. The van der Waals surface area contributed by atoms with Crippen molar-refractivity contribution in [2.24, 2.45) is 0 Å². The Morgan fingerprint density at radius 1 is 0.710 bits per heavy atom. The maximum Gasteiger partial charge on any atom is 0.343 e. The fourth-order valence-electron chi connectivity index (χ4n) is 3.14. The molecule has 0 saturated carbocycles. The minimum atomic E-state index is -0.517. The van der Waals surface area contributed by atoms with Gasteiger partial charge in [0, 0.05) is 12.4 Å². The molecule has 1 heterocycles. The number of esters is 1. The molecule has 0 spiro atoms. The molecule has 3 rings (SSSR count). The van der Waals surface area contributed by atoms with E-state index in [-0.39, 0.29) is 5.75 Å². The number of aryl methyl sites for hydroxylation is 2. The zero-order chi connectivity index (χ0) is 22.2. The molecule has 0 atom stereocenters. The van der Waals surface area contributed by atoms with E-state index in [0.717, 1.165) is 24.0 Å². The third-order valence-corrected chi connectivity index (χ3v) is 4.78. The molecule has 0 amide bonds. The summed E-state index contributed by atoms with van der Waals surface area (Å²) < 4.78 is 27.2. The molecule has 0 unspecified atom stereocenters. The molecule has 2 aromatic carbocycles. The van der Waals surface area contributed by atoms with Crippen LogP contribution in [0.4, 0.5) is 0 Å². The average Bonchev–Trinajstić information content (AvgIpc) is 2.83.